The highest BCUT2D eigenvalue weighted by molar-refractivity contribution is 5.86. The maximum Gasteiger partial charge on any atom is 0.203 e. The van der Waals surface area contributed by atoms with Crippen molar-refractivity contribution in [1.82, 2.24) is 5.16 Å². The zero-order valence-corrected chi connectivity index (χ0v) is 10.8. The maximum absolute atomic E-state index is 10.9. The molecule has 2 aromatic rings. The summed E-state index contributed by atoms with van der Waals surface area (Å²) in [5, 5.41) is 3.81. The van der Waals surface area contributed by atoms with Gasteiger partial charge in [-0.05, 0) is 12.1 Å². The van der Waals surface area contributed by atoms with Crippen LogP contribution in [0.15, 0.2) is 22.9 Å². The molecule has 0 bridgehead atoms. The fourth-order valence-electron chi connectivity index (χ4n) is 1.77. The number of ether oxygens (including phenoxy) is 3. The minimum absolute atomic E-state index is 0.356. The smallest absolute Gasteiger partial charge is 0.203 e. The summed E-state index contributed by atoms with van der Waals surface area (Å²) in [5.41, 5.74) is 1.42. The highest BCUT2D eigenvalue weighted by Gasteiger charge is 2.17. The number of carbonyl (C=O) groups excluding carboxylic acids is 1. The van der Waals surface area contributed by atoms with Gasteiger partial charge in [0.2, 0.25) is 5.75 Å². The Morgan fingerprint density at radius 1 is 1.11 bits per heavy atom. The van der Waals surface area contributed by atoms with Gasteiger partial charge < -0.3 is 18.7 Å². The SMILES string of the molecule is COc1cc(-c2nocc2C=O)cc(OC)c1OC. The Morgan fingerprint density at radius 3 is 2.21 bits per heavy atom. The number of rotatable bonds is 5. The minimum atomic E-state index is 0.356. The third-order valence-corrected chi connectivity index (χ3v) is 2.66. The van der Waals surface area contributed by atoms with Gasteiger partial charge in [-0.2, -0.15) is 0 Å². The van der Waals surface area contributed by atoms with Crippen LogP contribution < -0.4 is 14.2 Å². The third-order valence-electron chi connectivity index (χ3n) is 2.66. The first-order valence-electron chi connectivity index (χ1n) is 5.45. The van der Waals surface area contributed by atoms with Crippen LogP contribution in [0, 0.1) is 0 Å². The first-order valence-corrected chi connectivity index (χ1v) is 5.45. The number of benzene rings is 1. The molecule has 0 unspecified atom stereocenters. The van der Waals surface area contributed by atoms with Crippen molar-refractivity contribution < 1.29 is 23.5 Å². The lowest BCUT2D eigenvalue weighted by Gasteiger charge is -2.13. The Kier molecular flexibility index (Phi) is 3.70. The molecule has 0 fully saturated rings. The predicted octanol–water partition coefficient (Wildman–Crippen LogP) is 2.18. The third kappa shape index (κ3) is 2.24. The Hall–Kier alpha value is -2.50. The van der Waals surface area contributed by atoms with Crippen molar-refractivity contribution in [1.29, 1.82) is 0 Å². The molecule has 0 aliphatic rings. The summed E-state index contributed by atoms with van der Waals surface area (Å²) in [6.07, 6.45) is 1.96. The molecule has 100 valence electrons. The molecule has 0 N–H and O–H groups in total. The van der Waals surface area contributed by atoms with Gasteiger partial charge in [-0.1, -0.05) is 5.16 Å². The van der Waals surface area contributed by atoms with Crippen molar-refractivity contribution in [2.45, 2.75) is 0 Å². The van der Waals surface area contributed by atoms with E-state index in [-0.39, 0.29) is 0 Å². The lowest BCUT2D eigenvalue weighted by molar-refractivity contribution is 0.112. The number of carbonyl (C=O) groups is 1. The van der Waals surface area contributed by atoms with Crippen LogP contribution >= 0.6 is 0 Å². The Labute approximate surface area is 109 Å². The quantitative estimate of drug-likeness (QED) is 0.770. The van der Waals surface area contributed by atoms with E-state index in [1.165, 1.54) is 27.6 Å². The van der Waals surface area contributed by atoms with Gasteiger partial charge in [0.05, 0.1) is 26.9 Å². The normalized spacial score (nSPS) is 10.1. The molecule has 19 heavy (non-hydrogen) atoms. The lowest BCUT2D eigenvalue weighted by atomic mass is 10.1. The summed E-state index contributed by atoms with van der Waals surface area (Å²) in [6.45, 7) is 0. The number of hydrogen-bond donors (Lipinski definition) is 0. The number of hydrogen-bond acceptors (Lipinski definition) is 6. The molecule has 0 radical (unpaired) electrons. The molecule has 0 aliphatic heterocycles. The van der Waals surface area contributed by atoms with Gasteiger partial charge in [-0.15, -0.1) is 0 Å². The van der Waals surface area contributed by atoms with Crippen LogP contribution in [0.25, 0.3) is 11.3 Å². The van der Waals surface area contributed by atoms with E-state index in [0.29, 0.717) is 40.4 Å². The Bertz CT molecular complexity index is 565. The largest absolute Gasteiger partial charge is 0.493 e. The first kappa shape index (κ1) is 12.9. The van der Waals surface area contributed by atoms with Crippen molar-refractivity contribution in [3.05, 3.63) is 24.0 Å². The molecule has 1 heterocycles. The molecular formula is C13H13NO5. The molecule has 1 aromatic heterocycles. The summed E-state index contributed by atoms with van der Waals surface area (Å²) in [6, 6.07) is 3.40. The summed E-state index contributed by atoms with van der Waals surface area (Å²) in [4.78, 5) is 10.9. The number of aromatic nitrogens is 1. The standard InChI is InChI=1S/C13H13NO5/c1-16-10-4-8(5-11(17-2)13(10)18-3)12-9(6-15)7-19-14-12/h4-7H,1-3H3. The molecular weight excluding hydrogens is 250 g/mol. The van der Waals surface area contributed by atoms with Crippen molar-refractivity contribution >= 4 is 6.29 Å². The van der Waals surface area contributed by atoms with Crippen molar-refractivity contribution in [3.8, 4) is 28.5 Å². The van der Waals surface area contributed by atoms with Crippen LogP contribution in [-0.4, -0.2) is 32.8 Å². The van der Waals surface area contributed by atoms with E-state index < -0.39 is 0 Å². The molecule has 6 nitrogen and oxygen atoms in total. The summed E-state index contributed by atoms with van der Waals surface area (Å²) < 4.78 is 20.5. The second-order valence-electron chi connectivity index (χ2n) is 3.65. The molecule has 0 saturated carbocycles. The predicted molar refractivity (Wildman–Crippen MR) is 67.0 cm³/mol. The minimum Gasteiger partial charge on any atom is -0.493 e. The van der Waals surface area contributed by atoms with Gasteiger partial charge in [0, 0.05) is 5.56 Å². The van der Waals surface area contributed by atoms with Crippen molar-refractivity contribution in [2.24, 2.45) is 0 Å². The van der Waals surface area contributed by atoms with E-state index in [4.69, 9.17) is 18.7 Å². The molecule has 1 aromatic carbocycles. The zero-order chi connectivity index (χ0) is 13.8. The first-order chi connectivity index (χ1) is 9.24. The number of methoxy groups -OCH3 is 3. The van der Waals surface area contributed by atoms with E-state index in [0.717, 1.165) is 0 Å². The maximum atomic E-state index is 10.9. The van der Waals surface area contributed by atoms with Gasteiger partial charge in [0.25, 0.3) is 0 Å². The molecule has 0 aliphatic carbocycles. The zero-order valence-electron chi connectivity index (χ0n) is 10.8. The second kappa shape index (κ2) is 5.43. The highest BCUT2D eigenvalue weighted by atomic mass is 16.5. The summed E-state index contributed by atoms with van der Waals surface area (Å²) in [7, 11) is 4.56. The number of aldehydes is 1. The van der Waals surface area contributed by atoms with E-state index in [2.05, 4.69) is 5.16 Å². The van der Waals surface area contributed by atoms with Crippen molar-refractivity contribution in [2.75, 3.05) is 21.3 Å². The molecule has 0 spiro atoms. The average molecular weight is 263 g/mol. The summed E-state index contributed by atoms with van der Waals surface area (Å²) >= 11 is 0. The molecule has 0 amide bonds. The average Bonchev–Trinajstić information content (AvgIpc) is 2.93. The molecule has 6 heteroatoms. The van der Waals surface area contributed by atoms with Crippen molar-refractivity contribution in [3.63, 3.8) is 0 Å². The van der Waals surface area contributed by atoms with Crippen LogP contribution in [0.3, 0.4) is 0 Å². The van der Waals surface area contributed by atoms with E-state index in [1.54, 1.807) is 12.1 Å². The van der Waals surface area contributed by atoms with Gasteiger partial charge in [-0.25, -0.2) is 0 Å². The van der Waals surface area contributed by atoms with Gasteiger partial charge in [0.1, 0.15) is 12.0 Å². The molecule has 0 saturated heterocycles. The fourth-order valence-corrected chi connectivity index (χ4v) is 1.77. The number of nitrogens with zero attached hydrogens (tertiary/aromatic N) is 1. The van der Waals surface area contributed by atoms with Crippen LogP contribution in [0.5, 0.6) is 17.2 Å². The molecule has 2 rings (SSSR count). The van der Waals surface area contributed by atoms with Crippen LogP contribution in [-0.2, 0) is 0 Å². The van der Waals surface area contributed by atoms with Crippen LogP contribution in [0.2, 0.25) is 0 Å². The monoisotopic (exact) mass is 263 g/mol. The van der Waals surface area contributed by atoms with Gasteiger partial charge in [0.15, 0.2) is 17.8 Å². The van der Waals surface area contributed by atoms with Crippen LogP contribution in [0.1, 0.15) is 10.4 Å². The van der Waals surface area contributed by atoms with Gasteiger partial charge >= 0.3 is 0 Å². The fraction of sp³-hybridized carbons (Fsp3) is 0.231. The topological polar surface area (TPSA) is 70.8 Å². The summed E-state index contributed by atoms with van der Waals surface area (Å²) in [5.74, 6) is 1.44. The Morgan fingerprint density at radius 2 is 1.74 bits per heavy atom. The van der Waals surface area contributed by atoms with E-state index >= 15 is 0 Å². The van der Waals surface area contributed by atoms with E-state index in [9.17, 15) is 4.79 Å². The Balaban J connectivity index is 2.62. The van der Waals surface area contributed by atoms with Crippen LogP contribution in [0.4, 0.5) is 0 Å². The molecule has 0 atom stereocenters. The second-order valence-corrected chi connectivity index (χ2v) is 3.65. The van der Waals surface area contributed by atoms with E-state index in [1.807, 2.05) is 0 Å². The van der Waals surface area contributed by atoms with Gasteiger partial charge in [-0.3, -0.25) is 4.79 Å². The lowest BCUT2D eigenvalue weighted by Crippen LogP contribution is -1.96. The highest BCUT2D eigenvalue weighted by Crippen LogP contribution is 2.41.